The number of nitrogens with zero attached hydrogens (tertiary/aromatic N) is 1. The van der Waals surface area contributed by atoms with Gasteiger partial charge in [-0.25, -0.2) is 0 Å². The highest BCUT2D eigenvalue weighted by atomic mass is 35.5. The van der Waals surface area contributed by atoms with Crippen LogP contribution in [0.1, 0.15) is 37.7 Å². The standard InChI is InChI=1S/C17H24ClN3OS/c1-13-14(18)7-5-8-15(13)20-17(23)19-10-6-12-21-11-4-2-3-9-16(21)22/h5,7-8H,2-4,6,9-12H2,1H3,(H2,19,20,23). The molecule has 4 nitrogen and oxygen atoms in total. The van der Waals surface area contributed by atoms with Crippen LogP contribution in [0, 0.1) is 6.92 Å². The van der Waals surface area contributed by atoms with Gasteiger partial charge in [-0.05, 0) is 56.1 Å². The summed E-state index contributed by atoms with van der Waals surface area (Å²) < 4.78 is 0. The Bertz CT molecular complexity index is 565. The molecule has 1 fully saturated rings. The minimum Gasteiger partial charge on any atom is -0.362 e. The molecule has 0 atom stereocenters. The lowest BCUT2D eigenvalue weighted by Crippen LogP contribution is -2.35. The Kier molecular flexibility index (Phi) is 7.12. The quantitative estimate of drug-likeness (QED) is 0.625. The van der Waals surface area contributed by atoms with E-state index < -0.39 is 0 Å². The molecular formula is C17H24ClN3OS. The van der Waals surface area contributed by atoms with Crippen molar-refractivity contribution in [2.24, 2.45) is 0 Å². The van der Waals surface area contributed by atoms with Gasteiger partial charge in [0, 0.05) is 36.8 Å². The molecule has 0 radical (unpaired) electrons. The molecule has 0 saturated carbocycles. The van der Waals surface area contributed by atoms with Gasteiger partial charge in [-0.3, -0.25) is 4.79 Å². The molecule has 1 heterocycles. The maximum absolute atomic E-state index is 11.9. The zero-order chi connectivity index (χ0) is 16.7. The van der Waals surface area contributed by atoms with E-state index in [1.807, 2.05) is 30.0 Å². The van der Waals surface area contributed by atoms with E-state index in [1.165, 1.54) is 0 Å². The molecule has 6 heteroatoms. The summed E-state index contributed by atoms with van der Waals surface area (Å²) in [4.78, 5) is 13.9. The second kappa shape index (κ2) is 9.08. The first-order valence-corrected chi connectivity index (χ1v) is 8.94. The number of halogens is 1. The number of benzene rings is 1. The van der Waals surface area contributed by atoms with Gasteiger partial charge < -0.3 is 15.5 Å². The van der Waals surface area contributed by atoms with Gasteiger partial charge in [-0.2, -0.15) is 0 Å². The first-order valence-electron chi connectivity index (χ1n) is 8.15. The van der Waals surface area contributed by atoms with E-state index in [2.05, 4.69) is 10.6 Å². The van der Waals surface area contributed by atoms with Crippen LogP contribution in [-0.4, -0.2) is 35.6 Å². The third-order valence-corrected chi connectivity index (χ3v) is 4.73. The molecule has 0 aliphatic carbocycles. The second-order valence-corrected chi connectivity index (χ2v) is 6.65. The van der Waals surface area contributed by atoms with Crippen molar-refractivity contribution in [1.82, 2.24) is 10.2 Å². The van der Waals surface area contributed by atoms with Gasteiger partial charge >= 0.3 is 0 Å². The Hall–Kier alpha value is -1.33. The van der Waals surface area contributed by atoms with Gasteiger partial charge in [0.2, 0.25) is 5.91 Å². The van der Waals surface area contributed by atoms with Crippen LogP contribution in [0.25, 0.3) is 0 Å². The number of nitrogens with one attached hydrogen (secondary N) is 2. The highest BCUT2D eigenvalue weighted by molar-refractivity contribution is 7.80. The molecule has 23 heavy (non-hydrogen) atoms. The SMILES string of the molecule is Cc1c(Cl)cccc1NC(=S)NCCCN1CCCCCC1=O. The Morgan fingerprint density at radius 1 is 1.35 bits per heavy atom. The topological polar surface area (TPSA) is 44.4 Å². The number of hydrogen-bond acceptors (Lipinski definition) is 2. The Balaban J connectivity index is 1.70. The summed E-state index contributed by atoms with van der Waals surface area (Å²) in [5.41, 5.74) is 1.89. The molecule has 1 saturated heterocycles. The normalized spacial score (nSPS) is 15.2. The molecule has 2 N–H and O–H groups in total. The van der Waals surface area contributed by atoms with E-state index in [4.69, 9.17) is 23.8 Å². The molecule has 1 aromatic carbocycles. The van der Waals surface area contributed by atoms with Gasteiger partial charge in [0.15, 0.2) is 5.11 Å². The summed E-state index contributed by atoms with van der Waals surface area (Å²) in [6.45, 7) is 4.39. The minimum atomic E-state index is 0.290. The number of carbonyl (C=O) groups is 1. The second-order valence-electron chi connectivity index (χ2n) is 5.84. The third kappa shape index (κ3) is 5.66. The van der Waals surface area contributed by atoms with Crippen molar-refractivity contribution in [3.05, 3.63) is 28.8 Å². The number of thiocarbonyl (C=S) groups is 1. The van der Waals surface area contributed by atoms with Crippen molar-refractivity contribution in [3.8, 4) is 0 Å². The number of anilines is 1. The molecule has 1 aliphatic rings. The smallest absolute Gasteiger partial charge is 0.222 e. The monoisotopic (exact) mass is 353 g/mol. The first kappa shape index (κ1) is 18.0. The first-order chi connectivity index (χ1) is 11.1. The van der Waals surface area contributed by atoms with Crippen LogP contribution in [0.4, 0.5) is 5.69 Å². The molecule has 1 aromatic rings. The van der Waals surface area contributed by atoms with Crippen molar-refractivity contribution in [3.63, 3.8) is 0 Å². The van der Waals surface area contributed by atoms with Crippen LogP contribution >= 0.6 is 23.8 Å². The van der Waals surface area contributed by atoms with Crippen molar-refractivity contribution in [1.29, 1.82) is 0 Å². The molecular weight excluding hydrogens is 330 g/mol. The van der Waals surface area contributed by atoms with E-state index in [1.54, 1.807) is 0 Å². The van der Waals surface area contributed by atoms with Crippen molar-refractivity contribution >= 4 is 40.5 Å². The molecule has 1 aliphatic heterocycles. The summed E-state index contributed by atoms with van der Waals surface area (Å²) in [6, 6.07) is 5.70. The Labute approximate surface area is 148 Å². The van der Waals surface area contributed by atoms with E-state index in [0.29, 0.717) is 11.5 Å². The number of amides is 1. The summed E-state index contributed by atoms with van der Waals surface area (Å²) >= 11 is 11.4. The predicted molar refractivity (Wildman–Crippen MR) is 100 cm³/mol. The number of likely N-dealkylation sites (tertiary alicyclic amines) is 1. The lowest BCUT2D eigenvalue weighted by Gasteiger charge is -2.20. The summed E-state index contributed by atoms with van der Waals surface area (Å²) in [5, 5.41) is 7.65. The van der Waals surface area contributed by atoms with Gasteiger partial charge in [0.25, 0.3) is 0 Å². The maximum atomic E-state index is 11.9. The fourth-order valence-corrected chi connectivity index (χ4v) is 3.04. The molecule has 0 bridgehead atoms. The summed E-state index contributed by atoms with van der Waals surface area (Å²) in [6.07, 6.45) is 4.89. The molecule has 0 aromatic heterocycles. The average Bonchev–Trinajstić information content (AvgIpc) is 2.73. The molecule has 2 rings (SSSR count). The van der Waals surface area contributed by atoms with Crippen molar-refractivity contribution in [2.75, 3.05) is 25.0 Å². The van der Waals surface area contributed by atoms with Gasteiger partial charge in [-0.1, -0.05) is 24.1 Å². The van der Waals surface area contributed by atoms with Crippen molar-refractivity contribution in [2.45, 2.75) is 39.0 Å². The maximum Gasteiger partial charge on any atom is 0.222 e. The zero-order valence-corrected chi connectivity index (χ0v) is 15.1. The number of rotatable bonds is 5. The Morgan fingerprint density at radius 2 is 2.17 bits per heavy atom. The van der Waals surface area contributed by atoms with Crippen LogP contribution in [0.2, 0.25) is 5.02 Å². The largest absolute Gasteiger partial charge is 0.362 e. The minimum absolute atomic E-state index is 0.290. The average molecular weight is 354 g/mol. The number of carbonyl (C=O) groups excluding carboxylic acids is 1. The van der Waals surface area contributed by atoms with Crippen LogP contribution in [0.15, 0.2) is 18.2 Å². The van der Waals surface area contributed by atoms with E-state index >= 15 is 0 Å². The van der Waals surface area contributed by atoms with Crippen LogP contribution in [0.5, 0.6) is 0 Å². The number of hydrogen-bond donors (Lipinski definition) is 2. The van der Waals surface area contributed by atoms with Gasteiger partial charge in [0.05, 0.1) is 0 Å². The fourth-order valence-electron chi connectivity index (χ4n) is 2.66. The Morgan fingerprint density at radius 3 is 3.00 bits per heavy atom. The molecule has 0 spiro atoms. The highest BCUT2D eigenvalue weighted by Crippen LogP contribution is 2.22. The van der Waals surface area contributed by atoms with Crippen LogP contribution < -0.4 is 10.6 Å². The van der Waals surface area contributed by atoms with Crippen LogP contribution in [0.3, 0.4) is 0 Å². The van der Waals surface area contributed by atoms with E-state index in [9.17, 15) is 4.79 Å². The summed E-state index contributed by atoms with van der Waals surface area (Å²) in [5.74, 6) is 0.290. The van der Waals surface area contributed by atoms with E-state index in [0.717, 1.165) is 61.6 Å². The molecule has 1 amide bonds. The van der Waals surface area contributed by atoms with Gasteiger partial charge in [-0.15, -0.1) is 0 Å². The zero-order valence-electron chi connectivity index (χ0n) is 13.5. The predicted octanol–water partition coefficient (Wildman–Crippen LogP) is 3.73. The van der Waals surface area contributed by atoms with Crippen molar-refractivity contribution < 1.29 is 4.79 Å². The summed E-state index contributed by atoms with van der Waals surface area (Å²) in [7, 11) is 0. The van der Waals surface area contributed by atoms with Gasteiger partial charge in [0.1, 0.15) is 0 Å². The fraction of sp³-hybridized carbons (Fsp3) is 0.529. The lowest BCUT2D eigenvalue weighted by molar-refractivity contribution is -0.130. The third-order valence-electron chi connectivity index (χ3n) is 4.08. The highest BCUT2D eigenvalue weighted by Gasteiger charge is 2.15. The molecule has 126 valence electrons. The van der Waals surface area contributed by atoms with E-state index in [-0.39, 0.29) is 5.91 Å². The lowest BCUT2D eigenvalue weighted by atomic mass is 10.2. The van der Waals surface area contributed by atoms with Crippen LogP contribution in [-0.2, 0) is 4.79 Å². The molecule has 0 unspecified atom stereocenters.